The average molecular weight is 306 g/mol. The summed E-state index contributed by atoms with van der Waals surface area (Å²) in [6, 6.07) is 0.788. The largest absolute Gasteiger partial charge is 0.396 e. The molecule has 118 valence electrons. The van der Waals surface area contributed by atoms with E-state index < -0.39 is 34.7 Å². The predicted molar refractivity (Wildman–Crippen MR) is 70.5 cm³/mol. The van der Waals surface area contributed by atoms with Crippen molar-refractivity contribution >= 4 is 11.7 Å². The third kappa shape index (κ3) is 4.61. The highest BCUT2D eigenvalue weighted by Crippen LogP contribution is 2.20. The fourth-order valence-corrected chi connectivity index (χ4v) is 1.79. The molecule has 1 aromatic carbocycles. The molecular weight excluding hydrogens is 289 g/mol. The van der Waals surface area contributed by atoms with Crippen LogP contribution in [-0.2, 0) is 4.74 Å². The van der Waals surface area contributed by atoms with Crippen LogP contribution in [0.3, 0.4) is 0 Å². The maximum Gasteiger partial charge on any atom is 0.319 e. The molecule has 0 saturated carbocycles. The van der Waals surface area contributed by atoms with Gasteiger partial charge in [-0.25, -0.2) is 18.0 Å². The highest BCUT2D eigenvalue weighted by Gasteiger charge is 2.26. The minimum Gasteiger partial charge on any atom is -0.396 e. The van der Waals surface area contributed by atoms with Crippen molar-refractivity contribution in [1.82, 2.24) is 5.32 Å². The number of carbonyl (C=O) groups excluding carboxylic acids is 1. The Balaban J connectivity index is 2.79. The summed E-state index contributed by atoms with van der Waals surface area (Å²) in [6.07, 6.45) is 0.203. The summed E-state index contributed by atoms with van der Waals surface area (Å²) in [5.74, 6) is -4.49. The van der Waals surface area contributed by atoms with Crippen molar-refractivity contribution in [3.8, 4) is 0 Å². The van der Waals surface area contributed by atoms with E-state index in [1.807, 2.05) is 0 Å². The number of urea groups is 1. The molecule has 0 aliphatic rings. The Morgan fingerprint density at radius 3 is 2.57 bits per heavy atom. The number of aliphatic hydroxyl groups excluding tert-OH is 1. The number of hydrogen-bond donors (Lipinski definition) is 3. The van der Waals surface area contributed by atoms with Crippen LogP contribution in [0.1, 0.15) is 13.3 Å². The summed E-state index contributed by atoms with van der Waals surface area (Å²) in [4.78, 5) is 11.8. The lowest BCUT2D eigenvalue weighted by Gasteiger charge is -2.29. The van der Waals surface area contributed by atoms with E-state index in [1.165, 1.54) is 7.11 Å². The second-order valence-corrected chi connectivity index (χ2v) is 4.77. The van der Waals surface area contributed by atoms with Crippen LogP contribution in [0, 0.1) is 17.5 Å². The molecule has 1 unspecified atom stereocenters. The Kier molecular flexibility index (Phi) is 5.98. The van der Waals surface area contributed by atoms with Crippen molar-refractivity contribution in [2.45, 2.75) is 18.9 Å². The number of methoxy groups -OCH3 is 1. The first-order chi connectivity index (χ1) is 9.83. The standard InChI is InChI=1S/C13H17F3N2O3/c1-13(5-6-19,7-21-2)18-12(20)17-9-4-3-8(14)10(15)11(9)16/h3-4,19H,5-7H2,1-2H3,(H2,17,18,20). The number of amides is 2. The molecule has 21 heavy (non-hydrogen) atoms. The van der Waals surface area contributed by atoms with Crippen LogP contribution in [0.15, 0.2) is 12.1 Å². The Labute approximate surface area is 120 Å². The van der Waals surface area contributed by atoms with Crippen LogP contribution >= 0.6 is 0 Å². The molecular formula is C13H17F3N2O3. The molecule has 5 nitrogen and oxygen atoms in total. The number of ether oxygens (including phenoxy) is 1. The normalized spacial score (nSPS) is 13.6. The highest BCUT2D eigenvalue weighted by atomic mass is 19.2. The van der Waals surface area contributed by atoms with Crippen LogP contribution < -0.4 is 10.6 Å². The van der Waals surface area contributed by atoms with Gasteiger partial charge in [-0.1, -0.05) is 0 Å². The van der Waals surface area contributed by atoms with Gasteiger partial charge < -0.3 is 20.5 Å². The molecule has 0 heterocycles. The maximum absolute atomic E-state index is 13.4. The van der Waals surface area contributed by atoms with Gasteiger partial charge in [-0.05, 0) is 25.5 Å². The smallest absolute Gasteiger partial charge is 0.319 e. The van der Waals surface area contributed by atoms with E-state index in [9.17, 15) is 18.0 Å². The molecule has 0 aliphatic carbocycles. The molecule has 3 N–H and O–H groups in total. The number of carbonyl (C=O) groups is 1. The number of hydrogen-bond acceptors (Lipinski definition) is 3. The van der Waals surface area contributed by atoms with Crippen LogP contribution in [0.4, 0.5) is 23.7 Å². The lowest BCUT2D eigenvalue weighted by Crippen LogP contribution is -2.51. The van der Waals surface area contributed by atoms with Gasteiger partial charge in [-0.3, -0.25) is 0 Å². The lowest BCUT2D eigenvalue weighted by molar-refractivity contribution is 0.104. The van der Waals surface area contributed by atoms with Crippen molar-refractivity contribution in [1.29, 1.82) is 0 Å². The van der Waals surface area contributed by atoms with Gasteiger partial charge in [0.05, 0.1) is 17.8 Å². The Hall–Kier alpha value is -1.80. The lowest BCUT2D eigenvalue weighted by atomic mass is 10.00. The van der Waals surface area contributed by atoms with E-state index in [1.54, 1.807) is 6.92 Å². The SMILES string of the molecule is COCC(C)(CCO)NC(=O)Nc1ccc(F)c(F)c1F. The molecule has 0 saturated heterocycles. The molecule has 8 heteroatoms. The van der Waals surface area contributed by atoms with Crippen molar-refractivity contribution in [3.63, 3.8) is 0 Å². The minimum atomic E-state index is -1.66. The van der Waals surface area contributed by atoms with Gasteiger partial charge in [0.2, 0.25) is 0 Å². The van der Waals surface area contributed by atoms with Crippen LogP contribution in [0.2, 0.25) is 0 Å². The van der Waals surface area contributed by atoms with E-state index in [4.69, 9.17) is 9.84 Å². The van der Waals surface area contributed by atoms with Crippen LogP contribution in [0.25, 0.3) is 0 Å². The molecule has 0 radical (unpaired) electrons. The molecule has 1 rings (SSSR count). The summed E-state index contributed by atoms with van der Waals surface area (Å²) in [6.45, 7) is 1.54. The Morgan fingerprint density at radius 1 is 1.33 bits per heavy atom. The number of benzene rings is 1. The maximum atomic E-state index is 13.4. The van der Waals surface area contributed by atoms with E-state index >= 15 is 0 Å². The van der Waals surface area contributed by atoms with Crippen molar-refractivity contribution in [3.05, 3.63) is 29.6 Å². The van der Waals surface area contributed by atoms with Crippen LogP contribution in [0.5, 0.6) is 0 Å². The van der Waals surface area contributed by atoms with E-state index in [0.717, 1.165) is 6.07 Å². The van der Waals surface area contributed by atoms with Gasteiger partial charge >= 0.3 is 6.03 Å². The van der Waals surface area contributed by atoms with Gasteiger partial charge in [-0.15, -0.1) is 0 Å². The van der Waals surface area contributed by atoms with Crippen molar-refractivity contribution < 1.29 is 27.8 Å². The molecule has 1 aromatic rings. The van der Waals surface area contributed by atoms with Gasteiger partial charge in [-0.2, -0.15) is 0 Å². The zero-order valence-corrected chi connectivity index (χ0v) is 11.7. The fourth-order valence-electron chi connectivity index (χ4n) is 1.79. The number of anilines is 1. The van der Waals surface area contributed by atoms with Crippen molar-refractivity contribution in [2.24, 2.45) is 0 Å². The summed E-state index contributed by atoms with van der Waals surface area (Å²) in [5, 5.41) is 13.5. The zero-order valence-electron chi connectivity index (χ0n) is 11.7. The minimum absolute atomic E-state index is 0.112. The van der Waals surface area contributed by atoms with E-state index in [0.29, 0.717) is 6.07 Å². The molecule has 0 aromatic heterocycles. The molecule has 0 fully saturated rings. The highest BCUT2D eigenvalue weighted by molar-refractivity contribution is 5.89. The number of halogens is 3. The first kappa shape index (κ1) is 17.3. The fraction of sp³-hybridized carbons (Fsp3) is 0.462. The van der Waals surface area contributed by atoms with Crippen LogP contribution in [-0.4, -0.2) is 37.0 Å². The first-order valence-corrected chi connectivity index (χ1v) is 6.15. The molecule has 1 atom stereocenters. The number of aliphatic hydroxyl groups is 1. The third-order valence-corrected chi connectivity index (χ3v) is 2.83. The summed E-state index contributed by atoms with van der Waals surface area (Å²) >= 11 is 0. The van der Waals surface area contributed by atoms with E-state index in [-0.39, 0.29) is 19.6 Å². The number of nitrogens with one attached hydrogen (secondary N) is 2. The molecule has 0 bridgehead atoms. The first-order valence-electron chi connectivity index (χ1n) is 6.15. The van der Waals surface area contributed by atoms with Gasteiger partial charge in [0.25, 0.3) is 0 Å². The van der Waals surface area contributed by atoms with E-state index in [2.05, 4.69) is 10.6 Å². The van der Waals surface area contributed by atoms with Gasteiger partial charge in [0.15, 0.2) is 17.5 Å². The molecule has 0 spiro atoms. The summed E-state index contributed by atoms with van der Waals surface area (Å²) in [7, 11) is 1.42. The summed E-state index contributed by atoms with van der Waals surface area (Å²) < 4.78 is 44.2. The quantitative estimate of drug-likeness (QED) is 0.704. The molecule has 2 amide bonds. The van der Waals surface area contributed by atoms with Gasteiger partial charge in [0, 0.05) is 13.7 Å². The Morgan fingerprint density at radius 2 is 2.00 bits per heavy atom. The third-order valence-electron chi connectivity index (χ3n) is 2.83. The van der Waals surface area contributed by atoms with Crippen molar-refractivity contribution in [2.75, 3.05) is 25.6 Å². The van der Waals surface area contributed by atoms with Gasteiger partial charge in [0.1, 0.15) is 0 Å². The average Bonchev–Trinajstić information content (AvgIpc) is 2.39. The summed E-state index contributed by atoms with van der Waals surface area (Å²) in [5.41, 5.74) is -1.38. The second kappa shape index (κ2) is 7.28. The number of rotatable bonds is 6. The zero-order chi connectivity index (χ0) is 16.0. The Bertz CT molecular complexity index is 506. The second-order valence-electron chi connectivity index (χ2n) is 4.77. The monoisotopic (exact) mass is 306 g/mol. The molecule has 0 aliphatic heterocycles. The topological polar surface area (TPSA) is 70.6 Å². The predicted octanol–water partition coefficient (Wildman–Crippen LogP) is 2.01.